The minimum atomic E-state index is -0.0188. The van der Waals surface area contributed by atoms with Gasteiger partial charge in [0.15, 0.2) is 0 Å². The predicted octanol–water partition coefficient (Wildman–Crippen LogP) is 5.40. The van der Waals surface area contributed by atoms with Crippen LogP contribution in [-0.2, 0) is 17.8 Å². The molecule has 0 bridgehead atoms. The van der Waals surface area contributed by atoms with Gasteiger partial charge in [-0.2, -0.15) is 5.10 Å². The molecule has 6 nitrogen and oxygen atoms in total. The van der Waals surface area contributed by atoms with Gasteiger partial charge < -0.3 is 4.74 Å². The van der Waals surface area contributed by atoms with Crippen LogP contribution in [0.3, 0.4) is 0 Å². The fourth-order valence-corrected chi connectivity index (χ4v) is 5.10. The number of benzene rings is 3. The second-order valence-corrected chi connectivity index (χ2v) is 9.70. The minimum absolute atomic E-state index is 0.0188. The molecule has 1 aromatic heterocycles. The smallest absolute Gasteiger partial charge is 0.298 e. The zero-order valence-corrected chi connectivity index (χ0v) is 20.7. The van der Waals surface area contributed by atoms with Crippen molar-refractivity contribution < 1.29 is 9.53 Å². The Morgan fingerprint density at radius 3 is 2.39 bits per heavy atom. The SMILES string of the molecule is O=COc1ccc(CN2CCCC(n3nc(Cc4ccc(Cl)cc4)c4ccccc4c3=O)CC2)cc1. The van der Waals surface area contributed by atoms with Crippen LogP contribution in [0.25, 0.3) is 10.8 Å². The van der Waals surface area contributed by atoms with Gasteiger partial charge in [-0.1, -0.05) is 54.1 Å². The highest BCUT2D eigenvalue weighted by Crippen LogP contribution is 2.25. The Balaban J connectivity index is 1.37. The average molecular weight is 502 g/mol. The van der Waals surface area contributed by atoms with E-state index >= 15 is 0 Å². The van der Waals surface area contributed by atoms with Gasteiger partial charge in [-0.05, 0) is 67.3 Å². The lowest BCUT2D eigenvalue weighted by Crippen LogP contribution is -2.30. The highest BCUT2D eigenvalue weighted by Gasteiger charge is 2.22. The Bertz CT molecular complexity index is 1400. The second-order valence-electron chi connectivity index (χ2n) is 9.26. The lowest BCUT2D eigenvalue weighted by atomic mass is 10.0. The number of hydrogen-bond donors (Lipinski definition) is 0. The summed E-state index contributed by atoms with van der Waals surface area (Å²) in [6.07, 6.45) is 3.40. The van der Waals surface area contributed by atoms with Crippen molar-refractivity contribution in [3.8, 4) is 5.75 Å². The van der Waals surface area contributed by atoms with Crippen molar-refractivity contribution in [2.75, 3.05) is 13.1 Å². The second kappa shape index (κ2) is 11.1. The first-order valence-corrected chi connectivity index (χ1v) is 12.6. The zero-order valence-electron chi connectivity index (χ0n) is 20.0. The first kappa shape index (κ1) is 24.2. The molecule has 0 saturated carbocycles. The summed E-state index contributed by atoms with van der Waals surface area (Å²) >= 11 is 6.07. The molecular formula is C29H28ClN3O3. The topological polar surface area (TPSA) is 64.4 Å². The fourth-order valence-electron chi connectivity index (χ4n) is 4.98. The number of halogens is 1. The number of aromatic nitrogens is 2. The molecule has 1 saturated heterocycles. The summed E-state index contributed by atoms with van der Waals surface area (Å²) in [5, 5.41) is 7.26. The molecular weight excluding hydrogens is 474 g/mol. The third kappa shape index (κ3) is 5.50. The molecule has 0 spiro atoms. The maximum atomic E-state index is 13.5. The van der Waals surface area contributed by atoms with Crippen LogP contribution in [0.5, 0.6) is 5.75 Å². The van der Waals surface area contributed by atoms with Gasteiger partial charge in [0.1, 0.15) is 5.75 Å². The van der Waals surface area contributed by atoms with Gasteiger partial charge in [0, 0.05) is 29.9 Å². The molecule has 1 aliphatic rings. The summed E-state index contributed by atoms with van der Waals surface area (Å²) in [6.45, 7) is 3.09. The van der Waals surface area contributed by atoms with E-state index in [0.717, 1.165) is 66.5 Å². The van der Waals surface area contributed by atoms with E-state index in [-0.39, 0.29) is 11.6 Å². The van der Waals surface area contributed by atoms with Crippen LogP contribution >= 0.6 is 11.6 Å². The van der Waals surface area contributed by atoms with Crippen LogP contribution in [0.15, 0.2) is 77.6 Å². The number of ether oxygens (including phenoxy) is 1. The first-order valence-electron chi connectivity index (χ1n) is 12.3. The van der Waals surface area contributed by atoms with Crippen molar-refractivity contribution in [2.24, 2.45) is 0 Å². The minimum Gasteiger partial charge on any atom is -0.429 e. The first-order chi connectivity index (χ1) is 17.6. The Hall–Kier alpha value is -3.48. The molecule has 5 rings (SSSR count). The summed E-state index contributed by atoms with van der Waals surface area (Å²) in [7, 11) is 0. The predicted molar refractivity (Wildman–Crippen MR) is 142 cm³/mol. The van der Waals surface area contributed by atoms with E-state index in [0.29, 0.717) is 23.7 Å². The van der Waals surface area contributed by atoms with Gasteiger partial charge in [0.25, 0.3) is 12.0 Å². The fraction of sp³-hybridized carbons (Fsp3) is 0.276. The van der Waals surface area contributed by atoms with E-state index in [9.17, 15) is 9.59 Å². The van der Waals surface area contributed by atoms with Gasteiger partial charge in [-0.3, -0.25) is 14.5 Å². The molecule has 2 heterocycles. The number of carbonyl (C=O) groups excluding carboxylic acids is 1. The molecule has 1 fully saturated rings. The van der Waals surface area contributed by atoms with Crippen LogP contribution in [-0.4, -0.2) is 34.2 Å². The largest absolute Gasteiger partial charge is 0.429 e. The van der Waals surface area contributed by atoms with E-state index < -0.39 is 0 Å². The number of rotatable bonds is 7. The van der Waals surface area contributed by atoms with Gasteiger partial charge in [0.05, 0.1) is 17.1 Å². The highest BCUT2D eigenvalue weighted by molar-refractivity contribution is 6.30. The third-order valence-corrected chi connectivity index (χ3v) is 7.09. The lowest BCUT2D eigenvalue weighted by molar-refractivity contribution is -0.120. The zero-order chi connectivity index (χ0) is 24.9. The molecule has 1 aliphatic heterocycles. The molecule has 0 radical (unpaired) electrons. The Labute approximate surface area is 215 Å². The monoisotopic (exact) mass is 501 g/mol. The number of carbonyl (C=O) groups is 1. The van der Waals surface area contributed by atoms with Crippen LogP contribution in [0.4, 0.5) is 0 Å². The molecule has 0 aliphatic carbocycles. The van der Waals surface area contributed by atoms with Gasteiger partial charge >= 0.3 is 0 Å². The van der Waals surface area contributed by atoms with Crippen molar-refractivity contribution in [1.82, 2.24) is 14.7 Å². The molecule has 36 heavy (non-hydrogen) atoms. The van der Waals surface area contributed by atoms with E-state index in [1.807, 2.05) is 72.8 Å². The maximum absolute atomic E-state index is 13.5. The summed E-state index contributed by atoms with van der Waals surface area (Å²) in [4.78, 5) is 26.4. The molecule has 4 aromatic rings. The summed E-state index contributed by atoms with van der Waals surface area (Å²) in [6, 6.07) is 23.2. The van der Waals surface area contributed by atoms with E-state index in [4.69, 9.17) is 21.4 Å². The molecule has 3 aromatic carbocycles. The normalized spacial score (nSPS) is 16.5. The standard InChI is InChI=1S/C29H28ClN3O3/c30-23-11-7-21(8-12-23)18-28-26-5-1-2-6-27(26)29(35)33(31-28)24-4-3-16-32(17-15-24)19-22-9-13-25(14-10-22)36-20-34/h1-2,5-14,20,24H,3-4,15-19H2. The molecule has 0 N–H and O–H groups in total. The number of likely N-dealkylation sites (tertiary alicyclic amines) is 1. The quantitative estimate of drug-likeness (QED) is 0.317. The van der Waals surface area contributed by atoms with E-state index in [1.165, 1.54) is 0 Å². The number of nitrogens with zero attached hydrogens (tertiary/aromatic N) is 3. The summed E-state index contributed by atoms with van der Waals surface area (Å²) in [5.74, 6) is 0.542. The summed E-state index contributed by atoms with van der Waals surface area (Å²) in [5.41, 5.74) is 3.16. The van der Waals surface area contributed by atoms with Crippen molar-refractivity contribution in [1.29, 1.82) is 0 Å². The van der Waals surface area contributed by atoms with Crippen molar-refractivity contribution >= 4 is 28.8 Å². The van der Waals surface area contributed by atoms with Crippen molar-refractivity contribution in [2.45, 2.75) is 38.3 Å². The highest BCUT2D eigenvalue weighted by atomic mass is 35.5. The van der Waals surface area contributed by atoms with Gasteiger partial charge in [-0.15, -0.1) is 0 Å². The van der Waals surface area contributed by atoms with Crippen molar-refractivity contribution in [3.05, 3.63) is 105 Å². The summed E-state index contributed by atoms with van der Waals surface area (Å²) < 4.78 is 6.63. The van der Waals surface area contributed by atoms with Gasteiger partial charge in [-0.25, -0.2) is 4.68 Å². The lowest BCUT2D eigenvalue weighted by Gasteiger charge is -2.21. The van der Waals surface area contributed by atoms with Crippen LogP contribution in [0, 0.1) is 0 Å². The number of fused-ring (bicyclic) bond motifs is 1. The molecule has 1 unspecified atom stereocenters. The molecule has 7 heteroatoms. The average Bonchev–Trinajstić information content (AvgIpc) is 3.14. The van der Waals surface area contributed by atoms with Crippen LogP contribution in [0.1, 0.15) is 42.1 Å². The van der Waals surface area contributed by atoms with Crippen molar-refractivity contribution in [3.63, 3.8) is 0 Å². The number of hydrogen-bond acceptors (Lipinski definition) is 5. The Morgan fingerprint density at radius 2 is 1.64 bits per heavy atom. The van der Waals surface area contributed by atoms with E-state index in [2.05, 4.69) is 4.90 Å². The van der Waals surface area contributed by atoms with Gasteiger partial charge in [0.2, 0.25) is 0 Å². The van der Waals surface area contributed by atoms with Crippen LogP contribution in [0.2, 0.25) is 5.02 Å². The Kier molecular flexibility index (Phi) is 7.44. The van der Waals surface area contributed by atoms with Crippen LogP contribution < -0.4 is 10.3 Å². The maximum Gasteiger partial charge on any atom is 0.298 e. The molecule has 184 valence electrons. The Morgan fingerprint density at radius 1 is 0.917 bits per heavy atom. The molecule has 1 atom stereocenters. The van der Waals surface area contributed by atoms with E-state index in [1.54, 1.807) is 4.68 Å². The molecule has 0 amide bonds. The third-order valence-electron chi connectivity index (χ3n) is 6.84.